The molecule has 0 aliphatic carbocycles. The molecule has 1 saturated heterocycles. The lowest BCUT2D eigenvalue weighted by molar-refractivity contribution is -0.122. The van der Waals surface area contributed by atoms with Crippen LogP contribution in [0.1, 0.15) is 39.5 Å². The number of carbonyl (C=O) groups is 1. The van der Waals surface area contributed by atoms with Gasteiger partial charge in [-0.1, -0.05) is 13.8 Å². The highest BCUT2D eigenvalue weighted by atomic mass is 16.3. The van der Waals surface area contributed by atoms with Gasteiger partial charge in [0.05, 0.1) is 12.6 Å². The van der Waals surface area contributed by atoms with Gasteiger partial charge in [-0.2, -0.15) is 0 Å². The zero-order valence-electron chi connectivity index (χ0n) is 11.1. The Balaban J connectivity index is 2.17. The molecule has 0 bridgehead atoms. The van der Waals surface area contributed by atoms with Crippen LogP contribution in [0.3, 0.4) is 0 Å². The van der Waals surface area contributed by atoms with Crippen molar-refractivity contribution >= 4 is 5.91 Å². The van der Waals surface area contributed by atoms with Crippen LogP contribution in [0.4, 0.5) is 0 Å². The lowest BCUT2D eigenvalue weighted by Gasteiger charge is -2.19. The van der Waals surface area contributed by atoms with E-state index in [4.69, 9.17) is 0 Å². The Bertz CT molecular complexity index is 225. The van der Waals surface area contributed by atoms with Gasteiger partial charge in [0.1, 0.15) is 0 Å². The van der Waals surface area contributed by atoms with E-state index in [-0.39, 0.29) is 18.6 Å². The van der Waals surface area contributed by atoms with Crippen molar-refractivity contribution < 1.29 is 9.90 Å². The third-order valence-corrected chi connectivity index (χ3v) is 3.20. The zero-order chi connectivity index (χ0) is 12.7. The van der Waals surface area contributed by atoms with Crippen LogP contribution < -0.4 is 5.32 Å². The van der Waals surface area contributed by atoms with E-state index < -0.39 is 0 Å². The minimum Gasteiger partial charge on any atom is -0.394 e. The predicted octanol–water partition coefficient (Wildman–Crippen LogP) is 0.995. The summed E-state index contributed by atoms with van der Waals surface area (Å²) >= 11 is 0. The Morgan fingerprint density at radius 3 is 2.53 bits per heavy atom. The number of nitrogens with one attached hydrogen (secondary N) is 1. The van der Waals surface area contributed by atoms with Crippen molar-refractivity contribution in [3.05, 3.63) is 0 Å². The molecule has 100 valence electrons. The van der Waals surface area contributed by atoms with Gasteiger partial charge >= 0.3 is 0 Å². The first-order chi connectivity index (χ1) is 8.11. The number of aliphatic hydroxyl groups is 1. The molecule has 1 amide bonds. The zero-order valence-corrected chi connectivity index (χ0v) is 11.1. The number of likely N-dealkylation sites (tertiary alicyclic amines) is 1. The van der Waals surface area contributed by atoms with Crippen LogP contribution in [0.5, 0.6) is 0 Å². The van der Waals surface area contributed by atoms with Gasteiger partial charge in [0.15, 0.2) is 0 Å². The van der Waals surface area contributed by atoms with Gasteiger partial charge in [-0.05, 0) is 38.3 Å². The Morgan fingerprint density at radius 1 is 1.35 bits per heavy atom. The second-order valence-corrected chi connectivity index (χ2v) is 5.38. The molecule has 1 heterocycles. The molecule has 4 nitrogen and oxygen atoms in total. The molecule has 1 atom stereocenters. The number of amides is 1. The topological polar surface area (TPSA) is 52.6 Å². The molecule has 1 rings (SSSR count). The molecule has 4 heteroatoms. The van der Waals surface area contributed by atoms with E-state index in [0.717, 1.165) is 26.1 Å². The molecule has 17 heavy (non-hydrogen) atoms. The summed E-state index contributed by atoms with van der Waals surface area (Å²) in [7, 11) is 0. The molecule has 2 N–H and O–H groups in total. The van der Waals surface area contributed by atoms with Gasteiger partial charge in [0.25, 0.3) is 0 Å². The molecule has 0 aromatic carbocycles. The van der Waals surface area contributed by atoms with Gasteiger partial charge in [-0.3, -0.25) is 4.79 Å². The average molecular weight is 242 g/mol. The normalized spacial score (nSPS) is 18.6. The van der Waals surface area contributed by atoms with Gasteiger partial charge in [-0.15, -0.1) is 0 Å². The fourth-order valence-electron chi connectivity index (χ4n) is 2.31. The third-order valence-electron chi connectivity index (χ3n) is 3.20. The number of nitrogens with zero attached hydrogens (tertiary/aromatic N) is 1. The van der Waals surface area contributed by atoms with Crippen LogP contribution in [-0.2, 0) is 4.79 Å². The first kappa shape index (κ1) is 14.5. The van der Waals surface area contributed by atoms with E-state index >= 15 is 0 Å². The van der Waals surface area contributed by atoms with Crippen molar-refractivity contribution in [3.8, 4) is 0 Å². The summed E-state index contributed by atoms with van der Waals surface area (Å²) in [6.07, 6.45) is 3.91. The smallest absolute Gasteiger partial charge is 0.221 e. The summed E-state index contributed by atoms with van der Waals surface area (Å²) in [5.41, 5.74) is 0. The number of hydrogen-bond donors (Lipinski definition) is 2. The lowest BCUT2D eigenvalue weighted by atomic mass is 10.0. The largest absolute Gasteiger partial charge is 0.394 e. The Kier molecular flexibility index (Phi) is 6.52. The first-order valence-corrected chi connectivity index (χ1v) is 6.74. The quantitative estimate of drug-likeness (QED) is 0.700. The second kappa shape index (κ2) is 7.67. The molecule has 0 aromatic heterocycles. The molecular formula is C13H26N2O2. The minimum absolute atomic E-state index is 0.0354. The van der Waals surface area contributed by atoms with E-state index in [2.05, 4.69) is 24.1 Å². The van der Waals surface area contributed by atoms with Gasteiger partial charge < -0.3 is 15.3 Å². The molecule has 1 aliphatic heterocycles. The predicted molar refractivity (Wildman–Crippen MR) is 68.8 cm³/mol. The monoisotopic (exact) mass is 242 g/mol. The molecular weight excluding hydrogens is 216 g/mol. The van der Waals surface area contributed by atoms with Crippen molar-refractivity contribution in [1.82, 2.24) is 10.2 Å². The number of hydrogen-bond acceptors (Lipinski definition) is 3. The maximum Gasteiger partial charge on any atom is 0.221 e. The van der Waals surface area contributed by atoms with Crippen LogP contribution in [0.15, 0.2) is 0 Å². The van der Waals surface area contributed by atoms with Crippen LogP contribution in [-0.4, -0.2) is 48.2 Å². The SMILES string of the molecule is CC(C)CC(CO)NC(=O)CCN1CCCC1. The molecule has 1 fully saturated rings. The number of aliphatic hydroxyl groups excluding tert-OH is 1. The standard InChI is InChI=1S/C13H26N2O2/c1-11(2)9-12(10-16)14-13(17)5-8-15-6-3-4-7-15/h11-12,16H,3-10H2,1-2H3,(H,14,17). The summed E-state index contributed by atoms with van der Waals surface area (Å²) in [6.45, 7) is 7.34. The number of carbonyl (C=O) groups excluding carboxylic acids is 1. The van der Waals surface area contributed by atoms with Gasteiger partial charge in [-0.25, -0.2) is 0 Å². The molecule has 1 aliphatic rings. The van der Waals surface area contributed by atoms with Crippen LogP contribution in [0.2, 0.25) is 0 Å². The second-order valence-electron chi connectivity index (χ2n) is 5.38. The van der Waals surface area contributed by atoms with Crippen molar-refractivity contribution in [2.45, 2.75) is 45.6 Å². The fourth-order valence-corrected chi connectivity index (χ4v) is 2.31. The van der Waals surface area contributed by atoms with Gasteiger partial charge in [0, 0.05) is 13.0 Å². The highest BCUT2D eigenvalue weighted by Crippen LogP contribution is 2.08. The van der Waals surface area contributed by atoms with E-state index in [0.29, 0.717) is 12.3 Å². The van der Waals surface area contributed by atoms with Crippen LogP contribution >= 0.6 is 0 Å². The van der Waals surface area contributed by atoms with E-state index in [1.807, 2.05) is 0 Å². The van der Waals surface area contributed by atoms with E-state index in [1.54, 1.807) is 0 Å². The van der Waals surface area contributed by atoms with Crippen molar-refractivity contribution in [2.24, 2.45) is 5.92 Å². The van der Waals surface area contributed by atoms with E-state index in [1.165, 1.54) is 12.8 Å². The Hall–Kier alpha value is -0.610. The van der Waals surface area contributed by atoms with Crippen molar-refractivity contribution in [3.63, 3.8) is 0 Å². The van der Waals surface area contributed by atoms with E-state index in [9.17, 15) is 9.90 Å². The Morgan fingerprint density at radius 2 is 2.00 bits per heavy atom. The molecule has 0 spiro atoms. The first-order valence-electron chi connectivity index (χ1n) is 6.74. The molecule has 0 saturated carbocycles. The highest BCUT2D eigenvalue weighted by molar-refractivity contribution is 5.76. The van der Waals surface area contributed by atoms with Gasteiger partial charge in [0.2, 0.25) is 5.91 Å². The highest BCUT2D eigenvalue weighted by Gasteiger charge is 2.15. The van der Waals surface area contributed by atoms with Crippen molar-refractivity contribution in [2.75, 3.05) is 26.2 Å². The summed E-state index contributed by atoms with van der Waals surface area (Å²) in [5, 5.41) is 12.1. The molecule has 0 radical (unpaired) electrons. The fraction of sp³-hybridized carbons (Fsp3) is 0.923. The third kappa shape index (κ3) is 6.03. The maximum absolute atomic E-state index is 11.7. The summed E-state index contributed by atoms with van der Waals surface area (Å²) in [4.78, 5) is 14.0. The molecule has 0 aromatic rings. The summed E-state index contributed by atoms with van der Waals surface area (Å²) < 4.78 is 0. The molecule has 1 unspecified atom stereocenters. The number of rotatable bonds is 7. The summed E-state index contributed by atoms with van der Waals surface area (Å²) in [6, 6.07) is -0.0823. The maximum atomic E-state index is 11.7. The van der Waals surface area contributed by atoms with Crippen LogP contribution in [0.25, 0.3) is 0 Å². The minimum atomic E-state index is -0.0823. The Labute approximate surface area is 104 Å². The summed E-state index contributed by atoms with van der Waals surface area (Å²) in [5.74, 6) is 0.558. The van der Waals surface area contributed by atoms with Crippen molar-refractivity contribution in [1.29, 1.82) is 0 Å². The average Bonchev–Trinajstić information content (AvgIpc) is 2.77. The lowest BCUT2D eigenvalue weighted by Crippen LogP contribution is -2.39. The van der Waals surface area contributed by atoms with Crippen LogP contribution in [0, 0.1) is 5.92 Å².